The monoisotopic (exact) mass is 317 g/mol. The number of carbonyl (C=O) groups is 2. The highest BCUT2D eigenvalue weighted by Crippen LogP contribution is 2.14. The average molecular weight is 317 g/mol. The summed E-state index contributed by atoms with van der Waals surface area (Å²) in [7, 11) is -3.22. The number of rotatable bonds is 5. The van der Waals surface area contributed by atoms with Gasteiger partial charge in [-0.1, -0.05) is 0 Å². The first-order valence-electron chi connectivity index (χ1n) is 7.43. The van der Waals surface area contributed by atoms with Gasteiger partial charge in [0.2, 0.25) is 21.8 Å². The molecule has 120 valence electrons. The van der Waals surface area contributed by atoms with Crippen LogP contribution in [-0.4, -0.2) is 67.4 Å². The van der Waals surface area contributed by atoms with Gasteiger partial charge >= 0.3 is 0 Å². The van der Waals surface area contributed by atoms with Crippen molar-refractivity contribution in [3.8, 4) is 0 Å². The second-order valence-corrected chi connectivity index (χ2v) is 7.86. The minimum Gasteiger partial charge on any atom is -0.350 e. The molecule has 1 atom stereocenters. The third-order valence-electron chi connectivity index (χ3n) is 3.84. The van der Waals surface area contributed by atoms with Gasteiger partial charge in [0.05, 0.1) is 12.3 Å². The summed E-state index contributed by atoms with van der Waals surface area (Å²) in [5.41, 5.74) is 0. The number of hydrogen-bond acceptors (Lipinski definition) is 4. The van der Waals surface area contributed by atoms with Crippen molar-refractivity contribution in [2.45, 2.75) is 38.6 Å². The number of carbonyl (C=O) groups excluding carboxylic acids is 2. The minimum atomic E-state index is -3.22. The lowest BCUT2D eigenvalue weighted by atomic mass is 10.2. The predicted octanol–water partition coefficient (Wildman–Crippen LogP) is -0.461. The molecule has 0 aromatic carbocycles. The summed E-state index contributed by atoms with van der Waals surface area (Å²) in [6.45, 7) is 3.60. The van der Waals surface area contributed by atoms with Crippen molar-refractivity contribution in [2.75, 3.05) is 31.9 Å². The normalized spacial score (nSPS) is 24.1. The second kappa shape index (κ2) is 6.74. The van der Waals surface area contributed by atoms with Crippen molar-refractivity contribution in [3.05, 3.63) is 0 Å². The predicted molar refractivity (Wildman–Crippen MR) is 78.0 cm³/mol. The Labute approximate surface area is 125 Å². The van der Waals surface area contributed by atoms with E-state index >= 15 is 0 Å². The maximum atomic E-state index is 12.0. The number of sulfonamides is 1. The van der Waals surface area contributed by atoms with Crippen molar-refractivity contribution in [2.24, 2.45) is 0 Å². The van der Waals surface area contributed by atoms with E-state index in [-0.39, 0.29) is 36.6 Å². The third-order valence-corrected chi connectivity index (χ3v) is 5.80. The fourth-order valence-corrected chi connectivity index (χ4v) is 4.37. The van der Waals surface area contributed by atoms with Crippen molar-refractivity contribution in [3.63, 3.8) is 0 Å². The number of piperazine rings is 1. The Kier molecular flexibility index (Phi) is 5.21. The fourth-order valence-electron chi connectivity index (χ4n) is 2.78. The molecule has 1 N–H and O–H groups in total. The average Bonchev–Trinajstić information content (AvgIpc) is 2.91. The van der Waals surface area contributed by atoms with Crippen LogP contribution >= 0.6 is 0 Å². The fraction of sp³-hybridized carbons (Fsp3) is 0.846. The van der Waals surface area contributed by atoms with Crippen molar-refractivity contribution in [1.29, 1.82) is 0 Å². The molecule has 2 aliphatic heterocycles. The molecule has 2 aliphatic rings. The zero-order chi connectivity index (χ0) is 15.5. The van der Waals surface area contributed by atoms with E-state index in [4.69, 9.17) is 0 Å². The number of hydrogen-bond donors (Lipinski definition) is 1. The highest BCUT2D eigenvalue weighted by Gasteiger charge is 2.27. The van der Waals surface area contributed by atoms with E-state index in [0.717, 1.165) is 12.8 Å². The van der Waals surface area contributed by atoms with Crippen LogP contribution in [0.3, 0.4) is 0 Å². The van der Waals surface area contributed by atoms with Gasteiger partial charge in [0.15, 0.2) is 0 Å². The van der Waals surface area contributed by atoms with Crippen LogP contribution < -0.4 is 5.32 Å². The molecule has 0 bridgehead atoms. The lowest BCUT2D eigenvalue weighted by Crippen LogP contribution is -2.54. The first-order valence-corrected chi connectivity index (χ1v) is 9.04. The minimum absolute atomic E-state index is 0.00826. The smallest absolute Gasteiger partial charge is 0.239 e. The molecule has 7 nitrogen and oxygen atoms in total. The molecule has 2 rings (SSSR count). The lowest BCUT2D eigenvalue weighted by molar-refractivity contribution is -0.139. The van der Waals surface area contributed by atoms with Crippen LogP contribution in [0.25, 0.3) is 0 Å². The van der Waals surface area contributed by atoms with Gasteiger partial charge < -0.3 is 10.2 Å². The topological polar surface area (TPSA) is 86.8 Å². The van der Waals surface area contributed by atoms with Crippen LogP contribution in [0.15, 0.2) is 0 Å². The molecular weight excluding hydrogens is 294 g/mol. The van der Waals surface area contributed by atoms with Gasteiger partial charge in [0.1, 0.15) is 0 Å². The second-order valence-electron chi connectivity index (χ2n) is 5.77. The highest BCUT2D eigenvalue weighted by atomic mass is 32.2. The Balaban J connectivity index is 1.77. The zero-order valence-corrected chi connectivity index (χ0v) is 13.2. The highest BCUT2D eigenvalue weighted by molar-refractivity contribution is 7.89. The molecule has 21 heavy (non-hydrogen) atoms. The molecule has 8 heteroatoms. The first kappa shape index (κ1) is 16.2. The molecule has 0 aliphatic carbocycles. The Hall–Kier alpha value is -1.15. The molecule has 2 heterocycles. The maximum absolute atomic E-state index is 12.0. The summed E-state index contributed by atoms with van der Waals surface area (Å²) in [6.07, 6.45) is 2.31. The molecule has 1 unspecified atom stereocenters. The van der Waals surface area contributed by atoms with E-state index in [1.165, 1.54) is 9.21 Å². The summed E-state index contributed by atoms with van der Waals surface area (Å²) in [6, 6.07) is -0.0523. The van der Waals surface area contributed by atoms with E-state index in [1.54, 1.807) is 0 Å². The van der Waals surface area contributed by atoms with Gasteiger partial charge in [0, 0.05) is 32.1 Å². The molecule has 0 aromatic rings. The van der Waals surface area contributed by atoms with Gasteiger partial charge in [0.25, 0.3) is 0 Å². The molecule has 0 aromatic heterocycles. The molecular formula is C13H23N3O4S. The van der Waals surface area contributed by atoms with Crippen molar-refractivity contribution >= 4 is 21.8 Å². The Morgan fingerprint density at radius 1 is 1.33 bits per heavy atom. The zero-order valence-electron chi connectivity index (χ0n) is 12.4. The van der Waals surface area contributed by atoms with E-state index < -0.39 is 10.0 Å². The molecule has 2 amide bonds. The Morgan fingerprint density at radius 2 is 2.00 bits per heavy atom. The van der Waals surface area contributed by atoms with Crippen LogP contribution in [0.2, 0.25) is 0 Å². The summed E-state index contributed by atoms with van der Waals surface area (Å²) < 4.78 is 25.6. The van der Waals surface area contributed by atoms with E-state index in [0.29, 0.717) is 26.1 Å². The van der Waals surface area contributed by atoms with Gasteiger partial charge in [-0.3, -0.25) is 9.59 Å². The summed E-state index contributed by atoms with van der Waals surface area (Å²) >= 11 is 0. The lowest BCUT2D eigenvalue weighted by Gasteiger charge is -2.31. The van der Waals surface area contributed by atoms with Gasteiger partial charge in [-0.15, -0.1) is 0 Å². The SMILES string of the molecule is CC1CN(C(=O)CCCS(=O)(=O)N2CCCC2)CC(=O)N1. The van der Waals surface area contributed by atoms with Crippen molar-refractivity contribution in [1.82, 2.24) is 14.5 Å². The summed E-state index contributed by atoms with van der Waals surface area (Å²) in [5.74, 6) is -0.297. The first-order chi connectivity index (χ1) is 9.88. The van der Waals surface area contributed by atoms with Gasteiger partial charge in [-0.25, -0.2) is 12.7 Å². The molecule has 0 saturated carbocycles. The molecule has 0 spiro atoms. The molecule has 2 saturated heterocycles. The maximum Gasteiger partial charge on any atom is 0.239 e. The number of amides is 2. The van der Waals surface area contributed by atoms with E-state index in [9.17, 15) is 18.0 Å². The van der Waals surface area contributed by atoms with E-state index in [2.05, 4.69) is 5.32 Å². The van der Waals surface area contributed by atoms with Crippen LogP contribution in [0.1, 0.15) is 32.6 Å². The Bertz CT molecular complexity index is 500. The van der Waals surface area contributed by atoms with Crippen LogP contribution in [0.4, 0.5) is 0 Å². The summed E-state index contributed by atoms with van der Waals surface area (Å²) in [5, 5.41) is 2.75. The molecule has 2 fully saturated rings. The quantitative estimate of drug-likeness (QED) is 0.743. The number of nitrogens with zero attached hydrogens (tertiary/aromatic N) is 2. The van der Waals surface area contributed by atoms with Gasteiger partial charge in [-0.2, -0.15) is 0 Å². The van der Waals surface area contributed by atoms with Crippen molar-refractivity contribution < 1.29 is 18.0 Å². The van der Waals surface area contributed by atoms with E-state index in [1.807, 2.05) is 6.92 Å². The number of nitrogens with one attached hydrogen (secondary N) is 1. The standard InChI is InChI=1S/C13H23N3O4S/c1-11-9-15(10-12(17)14-11)13(18)5-4-8-21(19,20)16-6-2-3-7-16/h11H,2-10H2,1H3,(H,14,17). The largest absolute Gasteiger partial charge is 0.350 e. The summed E-state index contributed by atoms with van der Waals surface area (Å²) in [4.78, 5) is 24.9. The molecule has 0 radical (unpaired) electrons. The van der Waals surface area contributed by atoms with Gasteiger partial charge in [-0.05, 0) is 26.2 Å². The third kappa shape index (κ3) is 4.41. The van der Waals surface area contributed by atoms with Crippen LogP contribution in [-0.2, 0) is 19.6 Å². The Morgan fingerprint density at radius 3 is 2.62 bits per heavy atom. The van der Waals surface area contributed by atoms with Crippen LogP contribution in [0, 0.1) is 0 Å². The van der Waals surface area contributed by atoms with Crippen LogP contribution in [0.5, 0.6) is 0 Å².